The smallest absolute Gasteiger partial charge is 0.333 e. The Labute approximate surface area is 336 Å². The normalized spacial score (nSPS) is 23.5. The lowest BCUT2D eigenvalue weighted by Gasteiger charge is -2.46. The summed E-state index contributed by atoms with van der Waals surface area (Å²) in [6.07, 6.45) is 19.1. The third kappa shape index (κ3) is 20.4. The van der Waals surface area contributed by atoms with Gasteiger partial charge in [-0.1, -0.05) is 65.5 Å². The SMILES string of the molecule is C1CCCCC1.C=C(C)C(=O)OCC[N+](C)(C)CC(O)CCCOC1CCC(C(C)(C)C2CCC(OCC(O)C[N+](C)(C)CCOC(=O)C(=C)C)CC2)CC1. The minimum Gasteiger partial charge on any atom is -0.456 e. The van der Waals surface area contributed by atoms with Gasteiger partial charge in [0.15, 0.2) is 0 Å². The number of quaternary nitrogens is 2. The maximum atomic E-state index is 11.6. The summed E-state index contributed by atoms with van der Waals surface area (Å²) in [5.74, 6) is 0.633. The summed E-state index contributed by atoms with van der Waals surface area (Å²) in [7, 11) is 8.13. The minimum absolute atomic E-state index is 0.202. The first-order valence-corrected chi connectivity index (χ1v) is 21.7. The van der Waals surface area contributed by atoms with Crippen LogP contribution in [0.4, 0.5) is 0 Å². The van der Waals surface area contributed by atoms with E-state index in [2.05, 4.69) is 27.0 Å². The van der Waals surface area contributed by atoms with E-state index in [9.17, 15) is 19.8 Å². The van der Waals surface area contributed by atoms with Crippen LogP contribution in [0.2, 0.25) is 0 Å². The Kier molecular flexibility index (Phi) is 22.3. The molecule has 320 valence electrons. The van der Waals surface area contributed by atoms with Crippen LogP contribution in [0.3, 0.4) is 0 Å². The summed E-state index contributed by atoms with van der Waals surface area (Å²) >= 11 is 0. The number of esters is 2. The van der Waals surface area contributed by atoms with E-state index < -0.39 is 12.2 Å². The summed E-state index contributed by atoms with van der Waals surface area (Å²) in [4.78, 5) is 23.2. The molecule has 0 heterocycles. The lowest BCUT2D eigenvalue weighted by Crippen LogP contribution is -2.49. The van der Waals surface area contributed by atoms with E-state index in [1.165, 1.54) is 51.4 Å². The highest BCUT2D eigenvalue weighted by Crippen LogP contribution is 2.49. The molecular formula is C45H84N2O8+2. The van der Waals surface area contributed by atoms with E-state index in [4.69, 9.17) is 18.9 Å². The van der Waals surface area contributed by atoms with Gasteiger partial charge < -0.3 is 38.1 Å². The van der Waals surface area contributed by atoms with Gasteiger partial charge >= 0.3 is 11.9 Å². The zero-order chi connectivity index (χ0) is 41.1. The molecule has 2 atom stereocenters. The van der Waals surface area contributed by atoms with E-state index >= 15 is 0 Å². The fourth-order valence-corrected chi connectivity index (χ4v) is 8.64. The van der Waals surface area contributed by atoms with Crippen LogP contribution in [0.1, 0.15) is 130 Å². The number of likely N-dealkylation sites (N-methyl/N-ethyl adjacent to an activating group) is 2. The Morgan fingerprint density at radius 1 is 0.636 bits per heavy atom. The maximum Gasteiger partial charge on any atom is 0.333 e. The van der Waals surface area contributed by atoms with Crippen LogP contribution in [0.25, 0.3) is 0 Å². The second-order valence-corrected chi connectivity index (χ2v) is 19.1. The Bertz CT molecular complexity index is 1120. The highest BCUT2D eigenvalue weighted by Gasteiger charge is 2.41. The lowest BCUT2D eigenvalue weighted by molar-refractivity contribution is -0.893. The summed E-state index contributed by atoms with van der Waals surface area (Å²) < 4.78 is 24.0. The number of hydrogen-bond acceptors (Lipinski definition) is 8. The molecule has 3 fully saturated rings. The average Bonchev–Trinajstić information content (AvgIpc) is 3.13. The summed E-state index contributed by atoms with van der Waals surface area (Å²) in [5.41, 5.74) is 1.07. The van der Waals surface area contributed by atoms with Crippen LogP contribution < -0.4 is 0 Å². The van der Waals surface area contributed by atoms with Gasteiger partial charge in [-0.2, -0.15) is 0 Å². The van der Waals surface area contributed by atoms with E-state index in [0.717, 1.165) is 44.9 Å². The van der Waals surface area contributed by atoms with Gasteiger partial charge in [0, 0.05) is 17.8 Å². The average molecular weight is 781 g/mol. The molecule has 3 rings (SSSR count). The number of aliphatic hydroxyl groups excluding tert-OH is 2. The monoisotopic (exact) mass is 781 g/mol. The minimum atomic E-state index is -0.564. The molecule has 0 amide bonds. The second kappa shape index (κ2) is 24.8. The molecule has 2 N–H and O–H groups in total. The Balaban J connectivity index is 0.00000158. The van der Waals surface area contributed by atoms with Crippen LogP contribution in [0, 0.1) is 17.3 Å². The van der Waals surface area contributed by atoms with Crippen molar-refractivity contribution < 1.29 is 47.7 Å². The number of nitrogens with zero attached hydrogens (tertiary/aromatic N) is 2. The number of carbonyl (C=O) groups is 2. The van der Waals surface area contributed by atoms with Gasteiger partial charge in [0.2, 0.25) is 0 Å². The predicted octanol–water partition coefficient (Wildman–Crippen LogP) is 7.40. The predicted molar refractivity (Wildman–Crippen MR) is 221 cm³/mol. The van der Waals surface area contributed by atoms with Gasteiger partial charge in [0.25, 0.3) is 0 Å². The maximum absolute atomic E-state index is 11.6. The van der Waals surface area contributed by atoms with Crippen molar-refractivity contribution in [3.05, 3.63) is 24.3 Å². The fourth-order valence-electron chi connectivity index (χ4n) is 8.64. The highest BCUT2D eigenvalue weighted by atomic mass is 16.5. The van der Waals surface area contributed by atoms with Crippen molar-refractivity contribution in [2.75, 3.05) is 80.8 Å². The molecule has 3 aliphatic carbocycles. The third-order valence-corrected chi connectivity index (χ3v) is 12.5. The molecule has 2 unspecified atom stereocenters. The number of ether oxygens (including phenoxy) is 4. The fraction of sp³-hybridized carbons (Fsp3) is 0.867. The van der Waals surface area contributed by atoms with E-state index in [1.54, 1.807) is 13.8 Å². The molecular weight excluding hydrogens is 697 g/mol. The largest absolute Gasteiger partial charge is 0.456 e. The molecule has 10 heteroatoms. The topological polar surface area (TPSA) is 112 Å². The number of hydrogen-bond donors (Lipinski definition) is 2. The lowest BCUT2D eigenvalue weighted by atomic mass is 9.60. The first-order chi connectivity index (χ1) is 25.8. The van der Waals surface area contributed by atoms with Crippen LogP contribution >= 0.6 is 0 Å². The van der Waals surface area contributed by atoms with Crippen molar-refractivity contribution >= 4 is 11.9 Å². The molecule has 0 spiro atoms. The van der Waals surface area contributed by atoms with Crippen LogP contribution in [-0.4, -0.2) is 136 Å². The molecule has 0 saturated heterocycles. The quantitative estimate of drug-likeness (QED) is 0.0507. The van der Waals surface area contributed by atoms with Crippen LogP contribution in [0.15, 0.2) is 24.3 Å². The highest BCUT2D eigenvalue weighted by molar-refractivity contribution is 5.87. The van der Waals surface area contributed by atoms with Gasteiger partial charge in [-0.25, -0.2) is 9.59 Å². The Hall–Kier alpha value is -1.82. The standard InChI is InChI=1S/C39H72N2O8.C6H12/c1-29(2)37(44)47-24-21-40(7,8)26-33(42)12-11-23-46-35-17-13-31(14-18-35)39(5,6)32-15-19-36(20-16-32)49-28-34(43)27-41(9,10)22-25-48-38(45)30(3)4;1-2-4-6-5-3-1/h31-36,42-43H,1,3,11-28H2,2,4-10H3;1-6H2/q+2;. The molecule has 0 aromatic carbocycles. The van der Waals surface area contributed by atoms with Crippen molar-refractivity contribution in [1.82, 2.24) is 0 Å². The van der Waals surface area contributed by atoms with Crippen molar-refractivity contribution in [1.29, 1.82) is 0 Å². The molecule has 0 aromatic rings. The summed E-state index contributed by atoms with van der Waals surface area (Å²) in [6.45, 7) is 19.5. The molecule has 3 saturated carbocycles. The van der Waals surface area contributed by atoms with Crippen molar-refractivity contribution in [2.45, 2.75) is 155 Å². The van der Waals surface area contributed by atoms with Gasteiger partial charge in [0.1, 0.15) is 51.6 Å². The number of aliphatic hydroxyl groups is 2. The van der Waals surface area contributed by atoms with Crippen molar-refractivity contribution in [2.24, 2.45) is 17.3 Å². The zero-order valence-electron chi connectivity index (χ0n) is 36.6. The molecule has 0 radical (unpaired) electrons. The molecule has 0 aliphatic heterocycles. The summed E-state index contributed by atoms with van der Waals surface area (Å²) in [6, 6.07) is 0. The van der Waals surface area contributed by atoms with Crippen molar-refractivity contribution in [3.63, 3.8) is 0 Å². The molecule has 10 nitrogen and oxygen atoms in total. The van der Waals surface area contributed by atoms with Crippen LogP contribution in [-0.2, 0) is 28.5 Å². The van der Waals surface area contributed by atoms with Gasteiger partial charge in [-0.15, -0.1) is 0 Å². The zero-order valence-corrected chi connectivity index (χ0v) is 36.6. The molecule has 55 heavy (non-hydrogen) atoms. The molecule has 0 aromatic heterocycles. The number of carbonyl (C=O) groups excluding carboxylic acids is 2. The number of rotatable bonds is 22. The second-order valence-electron chi connectivity index (χ2n) is 19.1. The first kappa shape index (κ1) is 49.3. The first-order valence-electron chi connectivity index (χ1n) is 21.7. The Morgan fingerprint density at radius 3 is 1.42 bits per heavy atom. The van der Waals surface area contributed by atoms with Crippen LogP contribution in [0.5, 0.6) is 0 Å². The summed E-state index contributed by atoms with van der Waals surface area (Å²) in [5, 5.41) is 21.3. The molecule has 3 aliphatic rings. The van der Waals surface area contributed by atoms with E-state index in [1.807, 2.05) is 28.2 Å². The molecule has 0 bridgehead atoms. The van der Waals surface area contributed by atoms with Gasteiger partial charge in [-0.05, 0) is 95.3 Å². The van der Waals surface area contributed by atoms with Gasteiger partial charge in [0.05, 0.1) is 47.0 Å². The van der Waals surface area contributed by atoms with E-state index in [0.29, 0.717) is 97.1 Å². The van der Waals surface area contributed by atoms with E-state index in [-0.39, 0.29) is 23.5 Å². The third-order valence-electron chi connectivity index (χ3n) is 12.5. The Morgan fingerprint density at radius 2 is 1.02 bits per heavy atom. The van der Waals surface area contributed by atoms with Crippen molar-refractivity contribution in [3.8, 4) is 0 Å². The van der Waals surface area contributed by atoms with Gasteiger partial charge in [-0.3, -0.25) is 0 Å².